The maximum absolute atomic E-state index is 13.1. The summed E-state index contributed by atoms with van der Waals surface area (Å²) in [5.74, 6) is -4.89. The molecule has 0 aromatic carbocycles. The SMILES string of the molecule is OC1(C(F)=C(F)C(F)(F)F)CCCCC1. The number of halogens is 5. The molecule has 88 valence electrons. The largest absolute Gasteiger partial charge is 0.445 e. The maximum atomic E-state index is 13.1. The van der Waals surface area contributed by atoms with Gasteiger partial charge in [-0.2, -0.15) is 17.6 Å². The predicted octanol–water partition coefficient (Wildman–Crippen LogP) is 3.39. The second-order valence-corrected chi connectivity index (χ2v) is 3.72. The van der Waals surface area contributed by atoms with E-state index in [0.717, 1.165) is 0 Å². The second kappa shape index (κ2) is 4.08. The first-order valence-electron chi connectivity index (χ1n) is 4.63. The van der Waals surface area contributed by atoms with Crippen LogP contribution in [0.3, 0.4) is 0 Å². The maximum Gasteiger partial charge on any atom is 0.445 e. The molecule has 0 unspecified atom stereocenters. The van der Waals surface area contributed by atoms with Crippen LogP contribution >= 0.6 is 0 Å². The van der Waals surface area contributed by atoms with Gasteiger partial charge in [0, 0.05) is 0 Å². The van der Waals surface area contributed by atoms with Crippen LogP contribution in [0.15, 0.2) is 11.7 Å². The monoisotopic (exact) mass is 230 g/mol. The third kappa shape index (κ3) is 2.68. The van der Waals surface area contributed by atoms with E-state index in [0.29, 0.717) is 19.3 Å². The van der Waals surface area contributed by atoms with Crippen LogP contribution in [0.5, 0.6) is 0 Å². The van der Waals surface area contributed by atoms with Crippen molar-refractivity contribution in [1.29, 1.82) is 0 Å². The van der Waals surface area contributed by atoms with Crippen molar-refractivity contribution in [3.05, 3.63) is 11.7 Å². The number of alkyl halides is 3. The van der Waals surface area contributed by atoms with Gasteiger partial charge in [-0.05, 0) is 12.8 Å². The molecule has 1 fully saturated rings. The molecule has 1 nitrogen and oxygen atoms in total. The van der Waals surface area contributed by atoms with Gasteiger partial charge >= 0.3 is 6.18 Å². The first-order valence-corrected chi connectivity index (χ1v) is 4.63. The zero-order valence-corrected chi connectivity index (χ0v) is 7.87. The molecule has 0 aromatic heterocycles. The Bertz CT molecular complexity index is 262. The molecule has 0 aliphatic heterocycles. The van der Waals surface area contributed by atoms with Crippen LogP contribution in [0.2, 0.25) is 0 Å². The highest BCUT2D eigenvalue weighted by Gasteiger charge is 2.45. The molecule has 0 radical (unpaired) electrons. The summed E-state index contributed by atoms with van der Waals surface area (Å²) in [6.07, 6.45) is -4.19. The molecule has 0 atom stereocenters. The summed E-state index contributed by atoms with van der Waals surface area (Å²) in [7, 11) is 0. The van der Waals surface area contributed by atoms with Crippen LogP contribution in [0.25, 0.3) is 0 Å². The molecular weight excluding hydrogens is 219 g/mol. The molecular formula is C9H11F5O. The van der Waals surface area contributed by atoms with Gasteiger partial charge in [-0.1, -0.05) is 19.3 Å². The molecule has 1 aliphatic carbocycles. The van der Waals surface area contributed by atoms with Crippen molar-refractivity contribution in [2.75, 3.05) is 0 Å². The Morgan fingerprint density at radius 1 is 1.00 bits per heavy atom. The molecule has 1 saturated carbocycles. The van der Waals surface area contributed by atoms with Crippen molar-refractivity contribution in [1.82, 2.24) is 0 Å². The average molecular weight is 230 g/mol. The van der Waals surface area contributed by atoms with E-state index in [1.54, 1.807) is 0 Å². The van der Waals surface area contributed by atoms with E-state index in [-0.39, 0.29) is 12.8 Å². The Balaban J connectivity index is 2.95. The lowest BCUT2D eigenvalue weighted by atomic mass is 9.83. The third-order valence-corrected chi connectivity index (χ3v) is 2.53. The number of allylic oxidation sites excluding steroid dienone is 1. The summed E-state index contributed by atoms with van der Waals surface area (Å²) >= 11 is 0. The van der Waals surface area contributed by atoms with Crippen molar-refractivity contribution in [2.45, 2.75) is 43.9 Å². The van der Waals surface area contributed by atoms with Crippen LogP contribution in [-0.2, 0) is 0 Å². The summed E-state index contributed by atoms with van der Waals surface area (Å²) in [4.78, 5) is 0. The van der Waals surface area contributed by atoms with E-state index in [9.17, 15) is 27.1 Å². The van der Waals surface area contributed by atoms with Crippen molar-refractivity contribution in [3.8, 4) is 0 Å². The summed E-state index contributed by atoms with van der Waals surface area (Å²) in [5.41, 5.74) is -2.27. The number of hydrogen-bond acceptors (Lipinski definition) is 1. The fraction of sp³-hybridized carbons (Fsp3) is 0.778. The molecule has 1 aliphatic rings. The first kappa shape index (κ1) is 12.4. The molecule has 0 aromatic rings. The lowest BCUT2D eigenvalue weighted by molar-refractivity contribution is -0.116. The van der Waals surface area contributed by atoms with E-state index < -0.39 is 23.4 Å². The van der Waals surface area contributed by atoms with Crippen LogP contribution in [0.1, 0.15) is 32.1 Å². The number of hydrogen-bond donors (Lipinski definition) is 1. The fourth-order valence-corrected chi connectivity index (χ4v) is 1.68. The molecule has 0 bridgehead atoms. The Morgan fingerprint density at radius 3 is 1.87 bits per heavy atom. The Hall–Kier alpha value is -0.650. The minimum Gasteiger partial charge on any atom is -0.383 e. The Morgan fingerprint density at radius 2 is 1.47 bits per heavy atom. The summed E-state index contributed by atoms with van der Waals surface area (Å²) in [5, 5.41) is 9.50. The van der Waals surface area contributed by atoms with Crippen molar-refractivity contribution < 1.29 is 27.1 Å². The molecule has 1 N–H and O–H groups in total. The first-order chi connectivity index (χ1) is 6.77. The van der Waals surface area contributed by atoms with Gasteiger partial charge in [-0.25, -0.2) is 4.39 Å². The van der Waals surface area contributed by atoms with Gasteiger partial charge in [0.25, 0.3) is 0 Å². The highest BCUT2D eigenvalue weighted by Crippen LogP contribution is 2.40. The van der Waals surface area contributed by atoms with Gasteiger partial charge in [0.1, 0.15) is 5.60 Å². The third-order valence-electron chi connectivity index (χ3n) is 2.53. The van der Waals surface area contributed by atoms with Gasteiger partial charge < -0.3 is 5.11 Å². The van der Waals surface area contributed by atoms with Crippen LogP contribution in [-0.4, -0.2) is 16.9 Å². The van der Waals surface area contributed by atoms with Crippen LogP contribution < -0.4 is 0 Å². The molecule has 0 heterocycles. The van der Waals surface area contributed by atoms with E-state index in [1.807, 2.05) is 0 Å². The standard InChI is InChI=1S/C9H11F5O/c10-6(7(11)9(12,13)14)8(15)4-2-1-3-5-8/h15H,1-5H2. The smallest absolute Gasteiger partial charge is 0.383 e. The zero-order chi connectivity index (χ0) is 11.7. The van der Waals surface area contributed by atoms with E-state index >= 15 is 0 Å². The minimum atomic E-state index is -5.36. The highest BCUT2D eigenvalue weighted by molar-refractivity contribution is 5.17. The van der Waals surface area contributed by atoms with Crippen LogP contribution in [0, 0.1) is 0 Å². The van der Waals surface area contributed by atoms with Gasteiger partial charge in [0.05, 0.1) is 0 Å². The van der Waals surface area contributed by atoms with Crippen molar-refractivity contribution in [2.24, 2.45) is 0 Å². The molecule has 0 spiro atoms. The number of rotatable bonds is 1. The van der Waals surface area contributed by atoms with Crippen LogP contribution in [0.4, 0.5) is 22.0 Å². The molecule has 1 rings (SSSR count). The Labute approximate surface area is 83.6 Å². The fourth-order valence-electron chi connectivity index (χ4n) is 1.68. The molecule has 15 heavy (non-hydrogen) atoms. The normalized spacial score (nSPS) is 23.6. The second-order valence-electron chi connectivity index (χ2n) is 3.72. The van der Waals surface area contributed by atoms with Crippen molar-refractivity contribution in [3.63, 3.8) is 0 Å². The molecule has 6 heteroatoms. The van der Waals surface area contributed by atoms with Gasteiger partial charge in [-0.15, -0.1) is 0 Å². The van der Waals surface area contributed by atoms with E-state index in [4.69, 9.17) is 0 Å². The van der Waals surface area contributed by atoms with E-state index in [1.165, 1.54) is 0 Å². The van der Waals surface area contributed by atoms with E-state index in [2.05, 4.69) is 0 Å². The lowest BCUT2D eigenvalue weighted by Gasteiger charge is -2.30. The quantitative estimate of drug-likeness (QED) is 0.684. The molecule has 0 amide bonds. The van der Waals surface area contributed by atoms with Gasteiger partial charge in [0.2, 0.25) is 5.83 Å². The number of aliphatic hydroxyl groups is 1. The summed E-state index contributed by atoms with van der Waals surface area (Å²) < 4.78 is 61.2. The zero-order valence-electron chi connectivity index (χ0n) is 7.87. The predicted molar refractivity (Wildman–Crippen MR) is 43.3 cm³/mol. The molecule has 0 saturated heterocycles. The average Bonchev–Trinajstić information content (AvgIpc) is 2.15. The Kier molecular flexibility index (Phi) is 3.38. The van der Waals surface area contributed by atoms with Gasteiger partial charge in [-0.3, -0.25) is 0 Å². The summed E-state index contributed by atoms with van der Waals surface area (Å²) in [6.45, 7) is 0. The lowest BCUT2D eigenvalue weighted by Crippen LogP contribution is -2.34. The topological polar surface area (TPSA) is 20.2 Å². The highest BCUT2D eigenvalue weighted by atomic mass is 19.4. The minimum absolute atomic E-state index is 0.164. The van der Waals surface area contributed by atoms with Crippen molar-refractivity contribution >= 4 is 0 Å². The summed E-state index contributed by atoms with van der Waals surface area (Å²) in [6, 6.07) is 0. The van der Waals surface area contributed by atoms with Gasteiger partial charge in [0.15, 0.2) is 5.83 Å².